The molecule has 0 heterocycles. The van der Waals surface area contributed by atoms with Gasteiger partial charge in [0, 0.05) is 21.7 Å². The van der Waals surface area contributed by atoms with Gasteiger partial charge in [0.15, 0.2) is 0 Å². The quantitative estimate of drug-likeness (QED) is 0.375. The molecule has 0 aromatic rings. The van der Waals surface area contributed by atoms with Crippen molar-refractivity contribution in [3.63, 3.8) is 0 Å². The molecule has 0 bridgehead atoms. The highest BCUT2D eigenvalue weighted by molar-refractivity contribution is 5.89. The number of carbonyl (C=O) groups excluding carboxylic acids is 2. The highest BCUT2D eigenvalue weighted by atomic mass is 16.2. The van der Waals surface area contributed by atoms with Crippen LogP contribution in [0.2, 0.25) is 0 Å². The SMILES string of the molecule is [N-]=[N+]=NC(=O)[C@H]1CC[C@H]1C(=O)N=[N+]=[N-]. The van der Waals surface area contributed by atoms with E-state index in [-0.39, 0.29) is 0 Å². The van der Waals surface area contributed by atoms with E-state index in [1.807, 2.05) is 0 Å². The maximum absolute atomic E-state index is 11.0. The normalized spacial score (nSPS) is 23.7. The lowest BCUT2D eigenvalue weighted by Crippen LogP contribution is -2.36. The molecule has 0 aliphatic heterocycles. The largest absolute Gasteiger partial charge is 0.292 e. The molecule has 0 N–H and O–H groups in total. The van der Waals surface area contributed by atoms with E-state index < -0.39 is 23.7 Å². The van der Waals surface area contributed by atoms with Crippen molar-refractivity contribution < 1.29 is 9.59 Å². The van der Waals surface area contributed by atoms with Crippen molar-refractivity contribution in [2.75, 3.05) is 0 Å². The molecule has 0 unspecified atom stereocenters. The van der Waals surface area contributed by atoms with E-state index in [4.69, 9.17) is 11.1 Å². The molecular formula is C6H6N6O2. The third-order valence-corrected chi connectivity index (χ3v) is 2.20. The van der Waals surface area contributed by atoms with E-state index in [2.05, 4.69) is 20.1 Å². The van der Waals surface area contributed by atoms with Crippen molar-refractivity contribution in [2.45, 2.75) is 12.8 Å². The summed E-state index contributed by atoms with van der Waals surface area (Å²) in [4.78, 5) is 26.8. The predicted octanol–water partition coefficient (Wildman–Crippen LogP) is 1.69. The molecule has 1 saturated carbocycles. The number of amides is 2. The van der Waals surface area contributed by atoms with E-state index in [0.29, 0.717) is 12.8 Å². The second kappa shape index (κ2) is 4.27. The summed E-state index contributed by atoms with van der Waals surface area (Å²) < 4.78 is 0. The van der Waals surface area contributed by atoms with Crippen LogP contribution >= 0.6 is 0 Å². The first-order valence-corrected chi connectivity index (χ1v) is 3.88. The molecule has 0 aromatic heterocycles. The molecule has 1 aliphatic carbocycles. The molecule has 8 heteroatoms. The van der Waals surface area contributed by atoms with Gasteiger partial charge in [0.05, 0.1) is 0 Å². The predicted molar refractivity (Wildman–Crippen MR) is 44.5 cm³/mol. The van der Waals surface area contributed by atoms with Gasteiger partial charge >= 0.3 is 0 Å². The molecule has 0 radical (unpaired) electrons. The maximum Gasteiger partial charge on any atom is 0.222 e. The van der Waals surface area contributed by atoms with Crippen molar-refractivity contribution in [2.24, 2.45) is 22.1 Å². The average Bonchev–Trinajstić information content (AvgIpc) is 2.02. The van der Waals surface area contributed by atoms with Gasteiger partial charge in [0.25, 0.3) is 0 Å². The third kappa shape index (κ3) is 1.82. The van der Waals surface area contributed by atoms with Crippen LogP contribution in [0, 0.1) is 11.8 Å². The van der Waals surface area contributed by atoms with Crippen LogP contribution in [0.4, 0.5) is 0 Å². The summed E-state index contributed by atoms with van der Waals surface area (Å²) in [7, 11) is 0. The lowest BCUT2D eigenvalue weighted by molar-refractivity contribution is -0.136. The smallest absolute Gasteiger partial charge is 0.222 e. The maximum atomic E-state index is 11.0. The summed E-state index contributed by atoms with van der Waals surface area (Å²) in [6.45, 7) is 0. The first-order valence-electron chi connectivity index (χ1n) is 3.88. The van der Waals surface area contributed by atoms with Crippen LogP contribution in [0.5, 0.6) is 0 Å². The van der Waals surface area contributed by atoms with Crippen molar-refractivity contribution >= 4 is 11.8 Å². The van der Waals surface area contributed by atoms with Gasteiger partial charge < -0.3 is 0 Å². The van der Waals surface area contributed by atoms with Gasteiger partial charge in [-0.15, -0.1) is 0 Å². The number of hydrogen-bond donors (Lipinski definition) is 0. The van der Waals surface area contributed by atoms with Gasteiger partial charge in [-0.3, -0.25) is 9.59 Å². The highest BCUT2D eigenvalue weighted by Crippen LogP contribution is 2.36. The van der Waals surface area contributed by atoms with Gasteiger partial charge in [-0.1, -0.05) is 0 Å². The number of azide groups is 2. The Hall–Kier alpha value is -2.04. The van der Waals surface area contributed by atoms with Crippen LogP contribution < -0.4 is 0 Å². The first kappa shape index (κ1) is 10.0. The molecule has 1 rings (SSSR count). The summed E-state index contributed by atoms with van der Waals surface area (Å²) >= 11 is 0. The summed E-state index contributed by atoms with van der Waals surface area (Å²) in [6.07, 6.45) is 0.990. The van der Waals surface area contributed by atoms with Crippen molar-refractivity contribution in [1.82, 2.24) is 0 Å². The molecule has 2 amide bonds. The van der Waals surface area contributed by atoms with Crippen molar-refractivity contribution in [3.8, 4) is 0 Å². The van der Waals surface area contributed by atoms with Crippen LogP contribution in [-0.4, -0.2) is 11.8 Å². The Morgan fingerprint density at radius 3 is 1.57 bits per heavy atom. The Morgan fingerprint density at radius 1 is 1.00 bits per heavy atom. The van der Waals surface area contributed by atoms with Crippen molar-refractivity contribution in [1.29, 1.82) is 0 Å². The number of hydrogen-bond acceptors (Lipinski definition) is 2. The van der Waals surface area contributed by atoms with Crippen LogP contribution in [0.1, 0.15) is 12.8 Å². The van der Waals surface area contributed by atoms with Crippen LogP contribution in [0.25, 0.3) is 20.9 Å². The minimum atomic E-state index is -0.662. The van der Waals surface area contributed by atoms with Gasteiger partial charge in [-0.05, 0) is 34.1 Å². The zero-order valence-corrected chi connectivity index (χ0v) is 7.07. The summed E-state index contributed by atoms with van der Waals surface area (Å²) in [5, 5.41) is 5.79. The number of rotatable bonds is 2. The average molecular weight is 194 g/mol. The molecule has 0 spiro atoms. The Kier molecular flexibility index (Phi) is 3.06. The Bertz CT molecular complexity index is 329. The molecule has 8 nitrogen and oxygen atoms in total. The second-order valence-electron chi connectivity index (χ2n) is 2.85. The van der Waals surface area contributed by atoms with Crippen LogP contribution in [0.3, 0.4) is 0 Å². The summed E-state index contributed by atoms with van der Waals surface area (Å²) in [6, 6.07) is 0. The van der Waals surface area contributed by atoms with Gasteiger partial charge in [0.2, 0.25) is 11.8 Å². The van der Waals surface area contributed by atoms with E-state index in [1.54, 1.807) is 0 Å². The fraction of sp³-hybridized carbons (Fsp3) is 0.667. The van der Waals surface area contributed by atoms with Gasteiger partial charge in [-0.2, -0.15) is 0 Å². The van der Waals surface area contributed by atoms with E-state index in [0.717, 1.165) is 0 Å². The Morgan fingerprint density at radius 2 is 1.36 bits per heavy atom. The molecular weight excluding hydrogens is 188 g/mol. The number of carbonyl (C=O) groups is 2. The van der Waals surface area contributed by atoms with Gasteiger partial charge in [0.1, 0.15) is 0 Å². The van der Waals surface area contributed by atoms with Crippen LogP contribution in [-0.2, 0) is 9.59 Å². The lowest BCUT2D eigenvalue weighted by Gasteiger charge is -2.31. The van der Waals surface area contributed by atoms with Gasteiger partial charge in [-0.25, -0.2) is 0 Å². The standard InChI is InChI=1S/C6H6N6O2/c7-11-9-5(13)3-1-2-4(3)6(14)10-12-8/h3-4H,1-2H2/t3-,4+. The van der Waals surface area contributed by atoms with E-state index in [9.17, 15) is 9.59 Å². The highest BCUT2D eigenvalue weighted by Gasteiger charge is 2.39. The zero-order valence-electron chi connectivity index (χ0n) is 7.07. The molecule has 72 valence electrons. The van der Waals surface area contributed by atoms with Crippen molar-refractivity contribution in [3.05, 3.63) is 20.9 Å². The topological polar surface area (TPSA) is 132 Å². The second-order valence-corrected chi connectivity index (χ2v) is 2.85. The molecule has 1 aliphatic rings. The summed E-state index contributed by atoms with van der Waals surface area (Å²) in [5.74, 6) is -2.54. The van der Waals surface area contributed by atoms with E-state index in [1.165, 1.54) is 0 Å². The summed E-state index contributed by atoms with van der Waals surface area (Å²) in [5.41, 5.74) is 16.0. The molecule has 1 fully saturated rings. The van der Waals surface area contributed by atoms with E-state index >= 15 is 0 Å². The molecule has 0 saturated heterocycles. The fourth-order valence-corrected chi connectivity index (χ4v) is 1.33. The first-order chi connectivity index (χ1) is 6.70. The minimum absolute atomic E-state index is 0.495. The lowest BCUT2D eigenvalue weighted by atomic mass is 9.73. The molecule has 0 aromatic carbocycles. The molecule has 14 heavy (non-hydrogen) atoms. The Balaban J connectivity index is 2.67. The van der Waals surface area contributed by atoms with Crippen LogP contribution in [0.15, 0.2) is 10.2 Å². The minimum Gasteiger partial charge on any atom is -0.292 e. The molecule has 2 atom stereocenters. The fourth-order valence-electron chi connectivity index (χ4n) is 1.33. The monoisotopic (exact) mass is 194 g/mol. The zero-order chi connectivity index (χ0) is 10.6. The third-order valence-electron chi connectivity index (χ3n) is 2.20. The Labute approximate surface area is 78.1 Å². The number of nitrogens with zero attached hydrogens (tertiary/aromatic N) is 6.